The van der Waals surface area contributed by atoms with E-state index in [0.717, 1.165) is 11.4 Å². The van der Waals surface area contributed by atoms with E-state index < -0.39 is 10.0 Å². The Morgan fingerprint density at radius 3 is 2.39 bits per heavy atom. The van der Waals surface area contributed by atoms with Crippen molar-refractivity contribution in [3.8, 4) is 11.4 Å². The summed E-state index contributed by atoms with van der Waals surface area (Å²) in [7, 11) is -2.13. The fourth-order valence-electron chi connectivity index (χ4n) is 2.57. The average molecular weight is 400 g/mol. The number of ether oxygens (including phenoxy) is 1. The molecule has 0 aliphatic heterocycles. The summed E-state index contributed by atoms with van der Waals surface area (Å²) in [4.78, 5) is 12.1. The Labute approximate surface area is 163 Å². The van der Waals surface area contributed by atoms with Gasteiger partial charge in [-0.3, -0.25) is 4.79 Å². The molecule has 0 fully saturated rings. The van der Waals surface area contributed by atoms with E-state index in [1.807, 2.05) is 36.5 Å². The van der Waals surface area contributed by atoms with Crippen molar-refractivity contribution in [2.24, 2.45) is 5.14 Å². The van der Waals surface area contributed by atoms with Crippen LogP contribution >= 0.6 is 0 Å². The summed E-state index contributed by atoms with van der Waals surface area (Å²) in [6, 6.07) is 15.2. The molecular formula is C19H20N4O4S. The van der Waals surface area contributed by atoms with Crippen LogP contribution in [0.15, 0.2) is 65.7 Å². The Bertz CT molecular complexity index is 1060. The highest BCUT2D eigenvalue weighted by Crippen LogP contribution is 2.14. The predicted molar refractivity (Wildman–Crippen MR) is 103 cm³/mol. The molecule has 0 spiro atoms. The molecule has 0 aliphatic rings. The molecule has 0 aliphatic carbocycles. The van der Waals surface area contributed by atoms with Crippen LogP contribution in [0.1, 0.15) is 11.3 Å². The zero-order chi connectivity index (χ0) is 20.1. The van der Waals surface area contributed by atoms with Crippen molar-refractivity contribution in [2.75, 3.05) is 7.11 Å². The van der Waals surface area contributed by atoms with Gasteiger partial charge in [-0.15, -0.1) is 0 Å². The van der Waals surface area contributed by atoms with Gasteiger partial charge < -0.3 is 10.1 Å². The number of hydrogen-bond acceptors (Lipinski definition) is 5. The van der Waals surface area contributed by atoms with Crippen LogP contribution in [-0.2, 0) is 27.8 Å². The van der Waals surface area contributed by atoms with Gasteiger partial charge in [0.15, 0.2) is 0 Å². The van der Waals surface area contributed by atoms with Crippen LogP contribution in [0.5, 0.6) is 5.75 Å². The van der Waals surface area contributed by atoms with Gasteiger partial charge in [0.25, 0.3) is 0 Å². The summed E-state index contributed by atoms with van der Waals surface area (Å²) in [5.41, 5.74) is 2.29. The number of primary sulfonamides is 1. The second-order valence-corrected chi connectivity index (χ2v) is 7.65. The standard InChI is InChI=1S/C19H20N4O4S/c1-27-17-6-4-16(5-7-17)23-11-10-15(22-23)13-21-19(24)12-14-2-8-18(9-3-14)28(20,25)26/h2-11H,12-13H2,1H3,(H,21,24)(H2,20,25,26). The van der Waals surface area contributed by atoms with Crippen LogP contribution < -0.4 is 15.2 Å². The van der Waals surface area contributed by atoms with Gasteiger partial charge >= 0.3 is 0 Å². The number of nitrogens with two attached hydrogens (primary N) is 1. The zero-order valence-electron chi connectivity index (χ0n) is 15.2. The number of amides is 1. The van der Waals surface area contributed by atoms with Crippen LogP contribution in [0.4, 0.5) is 0 Å². The molecule has 0 bridgehead atoms. The fraction of sp³-hybridized carbons (Fsp3) is 0.158. The molecule has 8 nitrogen and oxygen atoms in total. The van der Waals surface area contributed by atoms with Crippen molar-refractivity contribution >= 4 is 15.9 Å². The normalized spacial score (nSPS) is 11.2. The smallest absolute Gasteiger partial charge is 0.238 e. The third-order valence-electron chi connectivity index (χ3n) is 4.06. The maximum absolute atomic E-state index is 12.1. The summed E-state index contributed by atoms with van der Waals surface area (Å²) in [6.07, 6.45) is 1.94. The maximum Gasteiger partial charge on any atom is 0.238 e. The van der Waals surface area contributed by atoms with Gasteiger partial charge in [-0.1, -0.05) is 12.1 Å². The van der Waals surface area contributed by atoms with Gasteiger partial charge in [0.1, 0.15) is 5.75 Å². The summed E-state index contributed by atoms with van der Waals surface area (Å²) in [5, 5.41) is 12.3. The molecule has 3 aromatic rings. The number of nitrogens with zero attached hydrogens (tertiary/aromatic N) is 2. The molecule has 0 saturated carbocycles. The Morgan fingerprint density at radius 2 is 1.79 bits per heavy atom. The van der Waals surface area contributed by atoms with E-state index in [1.54, 1.807) is 23.9 Å². The fourth-order valence-corrected chi connectivity index (χ4v) is 3.08. The number of methoxy groups -OCH3 is 1. The van der Waals surface area contributed by atoms with Gasteiger partial charge in [0, 0.05) is 6.20 Å². The van der Waals surface area contributed by atoms with Gasteiger partial charge in [-0.05, 0) is 48.0 Å². The first-order valence-corrected chi connectivity index (χ1v) is 9.97. The van der Waals surface area contributed by atoms with E-state index in [1.165, 1.54) is 12.1 Å². The van der Waals surface area contributed by atoms with E-state index in [0.29, 0.717) is 11.3 Å². The number of aromatic nitrogens is 2. The second-order valence-electron chi connectivity index (χ2n) is 6.09. The van der Waals surface area contributed by atoms with E-state index in [9.17, 15) is 13.2 Å². The number of carbonyl (C=O) groups excluding carboxylic acids is 1. The highest BCUT2D eigenvalue weighted by atomic mass is 32.2. The molecule has 0 unspecified atom stereocenters. The topological polar surface area (TPSA) is 116 Å². The van der Waals surface area contributed by atoms with E-state index in [-0.39, 0.29) is 23.8 Å². The lowest BCUT2D eigenvalue weighted by molar-refractivity contribution is -0.120. The summed E-state index contributed by atoms with van der Waals surface area (Å²) < 4.78 is 29.3. The van der Waals surface area contributed by atoms with Crippen LogP contribution in [0.2, 0.25) is 0 Å². The van der Waals surface area contributed by atoms with E-state index in [2.05, 4.69) is 10.4 Å². The van der Waals surface area contributed by atoms with Crippen molar-refractivity contribution in [3.05, 3.63) is 72.1 Å². The van der Waals surface area contributed by atoms with Crippen LogP contribution in [-0.4, -0.2) is 31.2 Å². The number of benzene rings is 2. The van der Waals surface area contributed by atoms with Crippen LogP contribution in [0.3, 0.4) is 0 Å². The molecule has 0 atom stereocenters. The SMILES string of the molecule is COc1ccc(-n2ccc(CNC(=O)Cc3ccc(S(N)(=O)=O)cc3)n2)cc1. The average Bonchev–Trinajstić information content (AvgIpc) is 3.15. The zero-order valence-corrected chi connectivity index (χ0v) is 16.0. The molecular weight excluding hydrogens is 380 g/mol. The monoisotopic (exact) mass is 400 g/mol. The van der Waals surface area contributed by atoms with Gasteiger partial charge in [-0.2, -0.15) is 5.10 Å². The molecule has 0 saturated heterocycles. The maximum atomic E-state index is 12.1. The van der Waals surface area contributed by atoms with Crippen molar-refractivity contribution in [1.29, 1.82) is 0 Å². The molecule has 1 amide bonds. The Balaban J connectivity index is 1.55. The van der Waals surface area contributed by atoms with Crippen LogP contribution in [0, 0.1) is 0 Å². The van der Waals surface area contributed by atoms with Crippen molar-refractivity contribution < 1.29 is 17.9 Å². The molecule has 1 heterocycles. The lowest BCUT2D eigenvalue weighted by atomic mass is 10.1. The third kappa shape index (κ3) is 4.96. The molecule has 146 valence electrons. The Morgan fingerprint density at radius 1 is 1.11 bits per heavy atom. The molecule has 3 N–H and O–H groups in total. The minimum Gasteiger partial charge on any atom is -0.497 e. The Hall–Kier alpha value is -3.17. The minimum absolute atomic E-state index is 0.0146. The lowest BCUT2D eigenvalue weighted by Gasteiger charge is -2.05. The molecule has 28 heavy (non-hydrogen) atoms. The number of carbonyl (C=O) groups is 1. The summed E-state index contributed by atoms with van der Waals surface area (Å²) in [5.74, 6) is 0.572. The van der Waals surface area contributed by atoms with E-state index >= 15 is 0 Å². The predicted octanol–water partition coefficient (Wildman–Crippen LogP) is 1.39. The first kappa shape index (κ1) is 19.6. The highest BCUT2D eigenvalue weighted by molar-refractivity contribution is 7.89. The van der Waals surface area contributed by atoms with Crippen LogP contribution in [0.25, 0.3) is 5.69 Å². The summed E-state index contributed by atoms with van der Waals surface area (Å²) >= 11 is 0. The Kier molecular flexibility index (Phi) is 5.76. The van der Waals surface area contributed by atoms with Crippen molar-refractivity contribution in [3.63, 3.8) is 0 Å². The first-order chi connectivity index (χ1) is 13.3. The largest absolute Gasteiger partial charge is 0.497 e. The molecule has 9 heteroatoms. The third-order valence-corrected chi connectivity index (χ3v) is 4.99. The highest BCUT2D eigenvalue weighted by Gasteiger charge is 2.09. The van der Waals surface area contributed by atoms with E-state index in [4.69, 9.17) is 9.88 Å². The first-order valence-electron chi connectivity index (χ1n) is 8.42. The number of hydrogen-bond donors (Lipinski definition) is 2. The number of rotatable bonds is 7. The van der Waals surface area contributed by atoms with Gasteiger partial charge in [0.05, 0.1) is 36.4 Å². The molecule has 2 aromatic carbocycles. The van der Waals surface area contributed by atoms with Crippen molar-refractivity contribution in [1.82, 2.24) is 15.1 Å². The summed E-state index contributed by atoms with van der Waals surface area (Å²) in [6.45, 7) is 0.289. The number of sulfonamides is 1. The second kappa shape index (κ2) is 8.24. The van der Waals surface area contributed by atoms with Gasteiger partial charge in [-0.25, -0.2) is 18.2 Å². The molecule has 3 rings (SSSR count). The van der Waals surface area contributed by atoms with Gasteiger partial charge in [0.2, 0.25) is 15.9 Å². The number of nitrogens with one attached hydrogen (secondary N) is 1. The van der Waals surface area contributed by atoms with Crippen molar-refractivity contribution in [2.45, 2.75) is 17.9 Å². The minimum atomic E-state index is -3.74. The quantitative estimate of drug-likeness (QED) is 0.622. The molecule has 1 aromatic heterocycles. The lowest BCUT2D eigenvalue weighted by Crippen LogP contribution is -2.24. The molecule has 0 radical (unpaired) electrons.